The molecule has 0 radical (unpaired) electrons. The molecule has 1 aromatic rings. The van der Waals surface area contributed by atoms with E-state index in [1.807, 2.05) is 13.2 Å². The first kappa shape index (κ1) is 8.56. The van der Waals surface area contributed by atoms with Crippen molar-refractivity contribution in [1.29, 1.82) is 0 Å². The van der Waals surface area contributed by atoms with Crippen LogP contribution in [0.15, 0.2) is 12.4 Å². The average Bonchev–Trinajstić information content (AvgIpc) is 2.24. The summed E-state index contributed by atoms with van der Waals surface area (Å²) in [5.41, 5.74) is 0. The zero-order chi connectivity index (χ0) is 6.41. The van der Waals surface area contributed by atoms with Crippen molar-refractivity contribution < 1.29 is 14.8 Å². The molecular weight excluding hydrogens is 268 g/mol. The van der Waals surface area contributed by atoms with Gasteiger partial charge in [0, 0.05) is 6.33 Å². The minimum absolute atomic E-state index is 1.34. The van der Waals surface area contributed by atoms with E-state index >= 15 is 0 Å². The number of imidazole rings is 1. The van der Waals surface area contributed by atoms with Crippen molar-refractivity contribution in [2.75, 3.05) is 0 Å². The van der Waals surface area contributed by atoms with Gasteiger partial charge < -0.3 is 9.55 Å². The number of aromatic nitrogens is 2. The van der Waals surface area contributed by atoms with Crippen molar-refractivity contribution in [2.45, 2.75) is 0 Å². The Morgan fingerprint density at radius 1 is 1.75 bits per heavy atom. The topological polar surface area (TPSA) is 17.8 Å². The van der Waals surface area contributed by atoms with Crippen LogP contribution in [0.5, 0.6) is 0 Å². The molecule has 1 heterocycles. The molecule has 0 spiro atoms. The van der Waals surface area contributed by atoms with Gasteiger partial charge in [0.1, 0.15) is 0 Å². The van der Waals surface area contributed by atoms with E-state index in [4.69, 9.17) is 0 Å². The van der Waals surface area contributed by atoms with Crippen LogP contribution in [-0.2, 0) is 21.8 Å². The van der Waals surface area contributed by atoms with Crippen LogP contribution in [0.25, 0.3) is 0 Å². The van der Waals surface area contributed by atoms with Crippen molar-refractivity contribution in [3.63, 3.8) is 0 Å². The van der Waals surface area contributed by atoms with Gasteiger partial charge in [-0.3, -0.25) is 0 Å². The van der Waals surface area contributed by atoms with Crippen LogP contribution in [0.4, 0.5) is 0 Å². The van der Waals surface area contributed by atoms with E-state index in [0.717, 1.165) is 0 Å². The molecule has 0 saturated carbocycles. The molecule has 0 saturated heterocycles. The fraction of sp³-hybridized carbons (Fsp3) is 0.250. The quantitative estimate of drug-likeness (QED) is 0.393. The van der Waals surface area contributed by atoms with Crippen molar-refractivity contribution >= 4 is 19.8 Å². The number of aryl methyl sites for hydroxylation is 1. The summed E-state index contributed by atoms with van der Waals surface area (Å²) in [6.07, 6.45) is 6.19. The first-order valence-corrected chi connectivity index (χ1v) is 11.1. The molecule has 1 aromatic heterocycles. The molecule has 2 nitrogen and oxygen atoms in total. The van der Waals surface area contributed by atoms with Gasteiger partial charge in [0.25, 0.3) is 0 Å². The van der Waals surface area contributed by atoms with Crippen molar-refractivity contribution in [2.24, 2.45) is 7.05 Å². The van der Waals surface area contributed by atoms with E-state index in [1.54, 1.807) is 10.8 Å². The molecule has 0 fully saturated rings. The molecule has 0 aliphatic carbocycles. The SMILES string of the molecule is Cn1[c-]ncc1.[Zn+][I]. The second-order valence-corrected chi connectivity index (χ2v) is 1.14. The van der Waals surface area contributed by atoms with Crippen LogP contribution in [0.2, 0.25) is 0 Å². The monoisotopic (exact) mass is 272 g/mol. The Balaban J connectivity index is 0.000000222. The molecule has 4 heteroatoms. The van der Waals surface area contributed by atoms with Crippen molar-refractivity contribution in [1.82, 2.24) is 9.55 Å². The molecule has 0 unspecified atom stereocenters. The number of nitrogens with zero attached hydrogens (tertiary/aromatic N) is 2. The molecule has 8 heavy (non-hydrogen) atoms. The summed E-state index contributed by atoms with van der Waals surface area (Å²) in [4.78, 5) is 3.66. The molecule has 0 N–H and O–H groups in total. The van der Waals surface area contributed by atoms with Crippen LogP contribution in [0.3, 0.4) is 0 Å². The van der Waals surface area contributed by atoms with Crippen molar-refractivity contribution in [3.8, 4) is 0 Å². The third kappa shape index (κ3) is 3.55. The van der Waals surface area contributed by atoms with Crippen LogP contribution in [0, 0.1) is 6.33 Å². The average molecular weight is 273 g/mol. The summed E-state index contributed by atoms with van der Waals surface area (Å²) in [6.45, 7) is 0. The third-order valence-corrected chi connectivity index (χ3v) is 0.580. The number of hydrogen-bond acceptors (Lipinski definition) is 1. The molecule has 0 aliphatic heterocycles. The van der Waals surface area contributed by atoms with E-state index < -0.39 is 0 Å². The molecule has 1 rings (SSSR count). The maximum atomic E-state index is 3.66. The van der Waals surface area contributed by atoms with E-state index in [2.05, 4.69) is 31.1 Å². The van der Waals surface area contributed by atoms with Gasteiger partial charge in [0.15, 0.2) is 0 Å². The molecular formula is C4H5IN2Zn. The van der Waals surface area contributed by atoms with Crippen LogP contribution >= 0.6 is 19.8 Å². The Morgan fingerprint density at radius 2 is 2.38 bits per heavy atom. The Morgan fingerprint density at radius 3 is 2.50 bits per heavy atom. The minimum atomic E-state index is 1.34. The summed E-state index contributed by atoms with van der Waals surface area (Å²) in [6, 6.07) is 0. The predicted molar refractivity (Wildman–Crippen MR) is 36.1 cm³/mol. The standard InChI is InChI=1S/C4H5N2.HI.Zn/c1-6-3-2-5-4-6;;/h2-3H,1H3;1H;/q-1;;+2/p-1. The number of halogens is 1. The van der Waals surface area contributed by atoms with Crippen LogP contribution in [-0.4, -0.2) is 9.55 Å². The molecule has 40 valence electrons. The molecule has 0 aromatic carbocycles. The van der Waals surface area contributed by atoms with Gasteiger partial charge in [-0.2, -0.15) is 0 Å². The Labute approximate surface area is 69.5 Å². The van der Waals surface area contributed by atoms with E-state index in [9.17, 15) is 0 Å². The molecule has 0 aliphatic rings. The van der Waals surface area contributed by atoms with Gasteiger partial charge in [0.05, 0.1) is 0 Å². The first-order valence-electron chi connectivity index (χ1n) is 2.01. The zero-order valence-corrected chi connectivity index (χ0v) is 9.76. The predicted octanol–water partition coefficient (Wildman–Crippen LogP) is 1.10. The van der Waals surface area contributed by atoms with Gasteiger partial charge in [-0.15, -0.1) is 12.4 Å². The summed E-state index contributed by atoms with van der Waals surface area (Å²) in [5.74, 6) is 0. The fourth-order valence-electron chi connectivity index (χ4n) is 0.291. The molecule has 0 bridgehead atoms. The van der Waals surface area contributed by atoms with Gasteiger partial charge in [-0.1, -0.05) is 0 Å². The number of hydrogen-bond donors (Lipinski definition) is 0. The van der Waals surface area contributed by atoms with Gasteiger partial charge in [-0.25, -0.2) is 0 Å². The van der Waals surface area contributed by atoms with Crippen molar-refractivity contribution in [3.05, 3.63) is 18.7 Å². The zero-order valence-electron chi connectivity index (χ0n) is 4.63. The van der Waals surface area contributed by atoms with Gasteiger partial charge in [0.2, 0.25) is 0 Å². The fourth-order valence-corrected chi connectivity index (χ4v) is 0.291. The normalized spacial score (nSPS) is 7.50. The summed E-state index contributed by atoms with van der Waals surface area (Å²) in [7, 11) is 1.88. The van der Waals surface area contributed by atoms with E-state index in [1.165, 1.54) is 14.8 Å². The molecule has 0 amide bonds. The number of rotatable bonds is 0. The van der Waals surface area contributed by atoms with E-state index in [-0.39, 0.29) is 0 Å². The Kier molecular flexibility index (Phi) is 6.10. The first-order chi connectivity index (χ1) is 3.89. The summed E-state index contributed by atoms with van der Waals surface area (Å²) >= 11 is 3.62. The van der Waals surface area contributed by atoms with Gasteiger partial charge in [-0.05, 0) is 7.05 Å². The third-order valence-electron chi connectivity index (χ3n) is 0.580. The van der Waals surface area contributed by atoms with Crippen LogP contribution in [0.1, 0.15) is 0 Å². The Bertz CT molecular complexity index is 118. The van der Waals surface area contributed by atoms with E-state index in [0.29, 0.717) is 0 Å². The Hall–Kier alpha value is 0.563. The van der Waals surface area contributed by atoms with Gasteiger partial charge >= 0.3 is 34.5 Å². The molecule has 0 atom stereocenters. The summed E-state index contributed by atoms with van der Waals surface area (Å²) in [5, 5.41) is 0. The second-order valence-electron chi connectivity index (χ2n) is 1.14. The second kappa shape index (κ2) is 5.70. The summed E-state index contributed by atoms with van der Waals surface area (Å²) < 4.78 is 1.76. The maximum absolute atomic E-state index is 3.66. The van der Waals surface area contributed by atoms with Crippen LogP contribution < -0.4 is 0 Å².